The first-order chi connectivity index (χ1) is 9.57. The molecule has 20 heavy (non-hydrogen) atoms. The Hall–Kier alpha value is -1.53. The molecule has 0 aromatic heterocycles. The van der Waals surface area contributed by atoms with Gasteiger partial charge in [0, 0.05) is 13.0 Å². The molecular weight excluding hydrogens is 266 g/mol. The van der Waals surface area contributed by atoms with E-state index in [9.17, 15) is 13.6 Å². The fraction of sp³-hybridized carbons (Fsp3) is 0.500. The van der Waals surface area contributed by atoms with E-state index in [1.165, 1.54) is 0 Å². The Balaban J connectivity index is 1.58. The monoisotopic (exact) mass is 284 g/mol. The minimum Gasteiger partial charge on any atom is -0.375 e. The molecular formula is C14H18F2N2O2. The third kappa shape index (κ3) is 4.54. The van der Waals surface area contributed by atoms with Crippen LogP contribution in [0.2, 0.25) is 0 Å². The summed E-state index contributed by atoms with van der Waals surface area (Å²) in [5, 5.41) is 5.10. The fourth-order valence-electron chi connectivity index (χ4n) is 2.03. The lowest BCUT2D eigenvalue weighted by molar-refractivity contribution is -0.123. The van der Waals surface area contributed by atoms with Crippen molar-refractivity contribution >= 4 is 5.91 Å². The van der Waals surface area contributed by atoms with E-state index in [1.807, 2.05) is 30.3 Å². The molecule has 1 aliphatic heterocycles. The lowest BCUT2D eigenvalue weighted by Gasteiger charge is -2.11. The summed E-state index contributed by atoms with van der Waals surface area (Å²) in [5.41, 5.74) is 1.05. The van der Waals surface area contributed by atoms with Gasteiger partial charge in [-0.25, -0.2) is 8.78 Å². The van der Waals surface area contributed by atoms with E-state index < -0.39 is 30.8 Å². The van der Waals surface area contributed by atoms with Crippen LogP contribution in [0.15, 0.2) is 30.3 Å². The normalized spacial score (nSPS) is 20.8. The first-order valence-electron chi connectivity index (χ1n) is 6.57. The second kappa shape index (κ2) is 6.76. The number of carbonyl (C=O) groups is 1. The van der Waals surface area contributed by atoms with Crippen LogP contribution in [-0.2, 0) is 16.1 Å². The number of halogens is 2. The highest BCUT2D eigenvalue weighted by Gasteiger charge is 2.42. The number of hydrogen-bond donors (Lipinski definition) is 2. The highest BCUT2D eigenvalue weighted by Crippen LogP contribution is 2.24. The minimum absolute atomic E-state index is 0.315. The molecule has 110 valence electrons. The molecule has 0 saturated carbocycles. The maximum Gasteiger partial charge on any atom is 0.262 e. The Morgan fingerprint density at radius 2 is 2.15 bits per heavy atom. The van der Waals surface area contributed by atoms with Crippen LogP contribution in [0, 0.1) is 0 Å². The number of alkyl halides is 2. The van der Waals surface area contributed by atoms with Crippen molar-refractivity contribution in [2.75, 3.05) is 19.7 Å². The van der Waals surface area contributed by atoms with E-state index >= 15 is 0 Å². The first kappa shape index (κ1) is 14.9. The molecule has 1 amide bonds. The molecule has 1 aromatic rings. The van der Waals surface area contributed by atoms with Crippen LogP contribution in [0.1, 0.15) is 12.0 Å². The van der Waals surface area contributed by atoms with Gasteiger partial charge in [-0.1, -0.05) is 30.3 Å². The molecule has 1 fully saturated rings. The molecule has 1 heterocycles. The second-order valence-corrected chi connectivity index (χ2v) is 4.82. The van der Waals surface area contributed by atoms with Crippen molar-refractivity contribution in [2.24, 2.45) is 0 Å². The summed E-state index contributed by atoms with van der Waals surface area (Å²) in [6.07, 6.45) is -0.441. The Kier molecular flexibility index (Phi) is 5.03. The van der Waals surface area contributed by atoms with Gasteiger partial charge in [-0.3, -0.25) is 10.1 Å². The van der Waals surface area contributed by atoms with Crippen molar-refractivity contribution in [2.45, 2.75) is 25.0 Å². The molecule has 1 aromatic carbocycles. The number of ether oxygens (including phenoxy) is 1. The van der Waals surface area contributed by atoms with Gasteiger partial charge in [0.05, 0.1) is 25.8 Å². The van der Waals surface area contributed by atoms with Gasteiger partial charge in [-0.2, -0.15) is 0 Å². The quantitative estimate of drug-likeness (QED) is 0.775. The summed E-state index contributed by atoms with van der Waals surface area (Å²) >= 11 is 0. The third-order valence-electron chi connectivity index (χ3n) is 3.08. The van der Waals surface area contributed by atoms with Gasteiger partial charge in [0.2, 0.25) is 5.91 Å². The number of benzene rings is 1. The van der Waals surface area contributed by atoms with Gasteiger partial charge >= 0.3 is 0 Å². The van der Waals surface area contributed by atoms with Crippen molar-refractivity contribution in [1.29, 1.82) is 0 Å². The van der Waals surface area contributed by atoms with E-state index in [1.54, 1.807) is 0 Å². The summed E-state index contributed by atoms with van der Waals surface area (Å²) in [5.74, 6) is -3.18. The van der Waals surface area contributed by atoms with E-state index in [4.69, 9.17) is 4.74 Å². The summed E-state index contributed by atoms with van der Waals surface area (Å²) in [4.78, 5) is 11.6. The van der Waals surface area contributed by atoms with Crippen molar-refractivity contribution in [3.63, 3.8) is 0 Å². The summed E-state index contributed by atoms with van der Waals surface area (Å²) < 4.78 is 31.2. The van der Waals surface area contributed by atoms with Crippen molar-refractivity contribution < 1.29 is 18.3 Å². The molecule has 2 rings (SSSR count). The number of carbonyl (C=O) groups excluding carboxylic acids is 1. The van der Waals surface area contributed by atoms with Crippen LogP contribution in [0.4, 0.5) is 8.78 Å². The zero-order valence-corrected chi connectivity index (χ0v) is 11.1. The molecule has 6 heteroatoms. The highest BCUT2D eigenvalue weighted by atomic mass is 19.3. The molecule has 0 radical (unpaired) electrons. The van der Waals surface area contributed by atoms with Crippen LogP contribution in [0.25, 0.3) is 0 Å². The van der Waals surface area contributed by atoms with Crippen LogP contribution in [-0.4, -0.2) is 37.6 Å². The average molecular weight is 284 g/mol. The number of amides is 1. The van der Waals surface area contributed by atoms with Crippen LogP contribution in [0.3, 0.4) is 0 Å². The fourth-order valence-corrected chi connectivity index (χ4v) is 2.03. The molecule has 0 spiro atoms. The van der Waals surface area contributed by atoms with Crippen LogP contribution >= 0.6 is 0 Å². The Labute approximate surface area is 116 Å². The van der Waals surface area contributed by atoms with E-state index in [0.717, 1.165) is 5.56 Å². The maximum atomic E-state index is 12.9. The van der Waals surface area contributed by atoms with Crippen molar-refractivity contribution in [3.8, 4) is 0 Å². The summed E-state index contributed by atoms with van der Waals surface area (Å²) in [6, 6.07) is 8.86. The molecule has 1 saturated heterocycles. The summed E-state index contributed by atoms with van der Waals surface area (Å²) in [7, 11) is 0. The lowest BCUT2D eigenvalue weighted by Crippen LogP contribution is -2.41. The zero-order chi connectivity index (χ0) is 14.4. The molecule has 2 N–H and O–H groups in total. The second-order valence-electron chi connectivity index (χ2n) is 4.82. The number of nitrogens with one attached hydrogen (secondary N) is 2. The van der Waals surface area contributed by atoms with Gasteiger partial charge in [0.1, 0.15) is 0 Å². The molecule has 1 aliphatic rings. The lowest BCUT2D eigenvalue weighted by atomic mass is 10.2. The van der Waals surface area contributed by atoms with E-state index in [-0.39, 0.29) is 0 Å². The maximum absolute atomic E-state index is 12.9. The van der Waals surface area contributed by atoms with E-state index in [0.29, 0.717) is 19.8 Å². The minimum atomic E-state index is -2.79. The van der Waals surface area contributed by atoms with Gasteiger partial charge in [-0.15, -0.1) is 0 Å². The number of rotatable bonds is 6. The van der Waals surface area contributed by atoms with Crippen molar-refractivity contribution in [3.05, 3.63) is 35.9 Å². The Morgan fingerprint density at radius 1 is 1.40 bits per heavy atom. The molecule has 1 atom stereocenters. The van der Waals surface area contributed by atoms with Gasteiger partial charge in [0.25, 0.3) is 5.92 Å². The standard InChI is InChI=1S/C14H18F2N2O2/c15-14(16)8-12(18-10-14)13(19)17-6-7-20-9-11-4-2-1-3-5-11/h1-5,12,18H,6-10H2,(H,17,19). The summed E-state index contributed by atoms with van der Waals surface area (Å²) in [6.45, 7) is 0.700. The van der Waals surface area contributed by atoms with Crippen molar-refractivity contribution in [1.82, 2.24) is 10.6 Å². The molecule has 4 nitrogen and oxygen atoms in total. The largest absolute Gasteiger partial charge is 0.375 e. The van der Waals surface area contributed by atoms with Crippen LogP contribution < -0.4 is 10.6 Å². The van der Waals surface area contributed by atoms with Gasteiger partial charge in [-0.05, 0) is 5.56 Å². The predicted molar refractivity (Wildman–Crippen MR) is 70.5 cm³/mol. The topological polar surface area (TPSA) is 50.4 Å². The van der Waals surface area contributed by atoms with Gasteiger partial charge < -0.3 is 10.1 Å². The molecule has 0 bridgehead atoms. The molecule has 1 unspecified atom stereocenters. The Bertz CT molecular complexity index is 440. The van der Waals surface area contributed by atoms with Gasteiger partial charge in [0.15, 0.2) is 0 Å². The Morgan fingerprint density at radius 3 is 2.80 bits per heavy atom. The molecule has 0 aliphatic carbocycles. The highest BCUT2D eigenvalue weighted by molar-refractivity contribution is 5.82. The van der Waals surface area contributed by atoms with Crippen LogP contribution in [0.5, 0.6) is 0 Å². The third-order valence-corrected chi connectivity index (χ3v) is 3.08. The number of hydrogen-bond acceptors (Lipinski definition) is 3. The smallest absolute Gasteiger partial charge is 0.262 e. The first-order valence-corrected chi connectivity index (χ1v) is 6.57. The SMILES string of the molecule is O=C(NCCOCc1ccccc1)C1CC(F)(F)CN1. The zero-order valence-electron chi connectivity index (χ0n) is 11.1. The average Bonchev–Trinajstić information content (AvgIpc) is 2.80. The predicted octanol–water partition coefficient (Wildman–Crippen LogP) is 1.32. The van der Waals surface area contributed by atoms with E-state index in [2.05, 4.69) is 10.6 Å².